The van der Waals surface area contributed by atoms with Crippen molar-refractivity contribution in [2.75, 3.05) is 11.1 Å². The number of fused-ring (bicyclic) bond motifs is 3. The summed E-state index contributed by atoms with van der Waals surface area (Å²) in [5, 5.41) is 12.7. The van der Waals surface area contributed by atoms with Gasteiger partial charge in [-0.2, -0.15) is 0 Å². The first-order valence-electron chi connectivity index (χ1n) is 7.69. The molecule has 136 valence electrons. The van der Waals surface area contributed by atoms with Crippen LogP contribution in [-0.4, -0.2) is 31.8 Å². The van der Waals surface area contributed by atoms with E-state index in [1.54, 1.807) is 0 Å². The Balaban J connectivity index is 1.48. The van der Waals surface area contributed by atoms with E-state index in [0.717, 1.165) is 29.8 Å². The molecule has 0 radical (unpaired) electrons. The Morgan fingerprint density at radius 3 is 2.63 bits per heavy atom. The molecule has 0 spiro atoms. The molecule has 27 heavy (non-hydrogen) atoms. The van der Waals surface area contributed by atoms with Crippen LogP contribution in [0.3, 0.4) is 0 Å². The molecule has 0 fully saturated rings. The molecular formula is C17H10Br3N5OS. The number of hydrogen-bond donors (Lipinski definition) is 2. The van der Waals surface area contributed by atoms with E-state index in [9.17, 15) is 4.79 Å². The molecule has 0 atom stereocenters. The lowest BCUT2D eigenvalue weighted by atomic mass is 10.2. The van der Waals surface area contributed by atoms with Gasteiger partial charge in [0.2, 0.25) is 11.1 Å². The highest BCUT2D eigenvalue weighted by molar-refractivity contribution is 9.11. The van der Waals surface area contributed by atoms with Crippen LogP contribution in [0.1, 0.15) is 0 Å². The van der Waals surface area contributed by atoms with Gasteiger partial charge in [-0.15, -0.1) is 10.2 Å². The minimum atomic E-state index is -0.163. The lowest BCUT2D eigenvalue weighted by molar-refractivity contribution is -0.113. The van der Waals surface area contributed by atoms with Gasteiger partial charge < -0.3 is 10.3 Å². The largest absolute Gasteiger partial charge is 0.338 e. The molecule has 0 aliphatic heterocycles. The van der Waals surface area contributed by atoms with Gasteiger partial charge in [0.05, 0.1) is 11.4 Å². The summed E-state index contributed by atoms with van der Waals surface area (Å²) in [5.41, 5.74) is 3.02. The monoisotopic (exact) mass is 569 g/mol. The third kappa shape index (κ3) is 4.03. The van der Waals surface area contributed by atoms with Crippen molar-refractivity contribution < 1.29 is 4.79 Å². The van der Waals surface area contributed by atoms with Crippen molar-refractivity contribution >= 4 is 93.2 Å². The number of halogens is 3. The minimum Gasteiger partial charge on any atom is -0.338 e. The minimum absolute atomic E-state index is 0.163. The van der Waals surface area contributed by atoms with E-state index in [-0.39, 0.29) is 11.7 Å². The van der Waals surface area contributed by atoms with Crippen molar-refractivity contribution in [2.24, 2.45) is 0 Å². The molecule has 2 heterocycles. The van der Waals surface area contributed by atoms with E-state index in [2.05, 4.69) is 73.3 Å². The maximum absolute atomic E-state index is 12.3. The predicted molar refractivity (Wildman–Crippen MR) is 118 cm³/mol. The van der Waals surface area contributed by atoms with E-state index in [1.165, 1.54) is 11.8 Å². The summed E-state index contributed by atoms with van der Waals surface area (Å²) in [7, 11) is 0. The molecule has 0 aliphatic carbocycles. The highest BCUT2D eigenvalue weighted by Crippen LogP contribution is 2.34. The van der Waals surface area contributed by atoms with Crippen molar-refractivity contribution in [1.29, 1.82) is 0 Å². The molecule has 0 saturated carbocycles. The first kappa shape index (κ1) is 18.9. The third-order valence-corrected chi connectivity index (χ3v) is 6.25. The number of rotatable bonds is 4. The molecule has 10 heteroatoms. The number of para-hydroxylation sites is 1. The maximum Gasteiger partial charge on any atom is 0.234 e. The number of anilines is 1. The molecule has 6 nitrogen and oxygen atoms in total. The van der Waals surface area contributed by atoms with Crippen LogP contribution in [0.15, 0.2) is 55.0 Å². The number of thioether (sulfide) groups is 1. The van der Waals surface area contributed by atoms with E-state index in [0.29, 0.717) is 16.5 Å². The number of carbonyl (C=O) groups is 1. The molecule has 4 aromatic rings. The third-order valence-electron chi connectivity index (χ3n) is 3.71. The Hall–Kier alpha value is -1.49. The number of hydrogen-bond acceptors (Lipinski definition) is 5. The predicted octanol–water partition coefficient (Wildman–Crippen LogP) is 5.52. The van der Waals surface area contributed by atoms with Crippen LogP contribution in [0.4, 0.5) is 5.69 Å². The first-order chi connectivity index (χ1) is 13.0. The maximum atomic E-state index is 12.3. The molecule has 0 saturated heterocycles. The SMILES string of the molecule is O=C(CSc1nnc2c(n1)[nH]c1ccccc12)Nc1c(Br)cc(Br)cc1Br. The van der Waals surface area contributed by atoms with Crippen LogP contribution in [0.2, 0.25) is 0 Å². The number of nitrogens with one attached hydrogen (secondary N) is 2. The van der Waals surface area contributed by atoms with Crippen molar-refractivity contribution in [3.8, 4) is 0 Å². The van der Waals surface area contributed by atoms with Gasteiger partial charge in [-0.3, -0.25) is 4.79 Å². The summed E-state index contributed by atoms with van der Waals surface area (Å²) < 4.78 is 2.46. The fraction of sp³-hybridized carbons (Fsp3) is 0.0588. The first-order valence-corrected chi connectivity index (χ1v) is 11.1. The molecule has 0 aliphatic rings. The highest BCUT2D eigenvalue weighted by Gasteiger charge is 2.13. The summed E-state index contributed by atoms with van der Waals surface area (Å²) in [6, 6.07) is 11.6. The number of benzene rings is 2. The van der Waals surface area contributed by atoms with Gasteiger partial charge in [0.25, 0.3) is 0 Å². The average Bonchev–Trinajstić information content (AvgIpc) is 3.00. The van der Waals surface area contributed by atoms with Crippen LogP contribution in [0.25, 0.3) is 22.1 Å². The normalized spacial score (nSPS) is 11.2. The zero-order valence-corrected chi connectivity index (χ0v) is 19.0. The van der Waals surface area contributed by atoms with Crippen molar-refractivity contribution in [3.63, 3.8) is 0 Å². The quantitative estimate of drug-likeness (QED) is 0.315. The van der Waals surface area contributed by atoms with Crippen LogP contribution in [0, 0.1) is 0 Å². The number of carbonyl (C=O) groups excluding carboxylic acids is 1. The Labute approximate surface area is 183 Å². The Bertz CT molecular complexity index is 1160. The second-order valence-corrected chi connectivity index (χ2v) is 9.11. The second kappa shape index (κ2) is 7.86. The second-order valence-electron chi connectivity index (χ2n) is 5.54. The molecule has 4 rings (SSSR count). The molecule has 1 amide bonds. The van der Waals surface area contributed by atoms with Crippen LogP contribution in [-0.2, 0) is 4.79 Å². The Kier molecular flexibility index (Phi) is 5.49. The van der Waals surface area contributed by atoms with Gasteiger partial charge >= 0.3 is 0 Å². The van der Waals surface area contributed by atoms with Crippen molar-refractivity contribution in [3.05, 3.63) is 49.8 Å². The summed E-state index contributed by atoms with van der Waals surface area (Å²) in [5.74, 6) is 0.00611. The van der Waals surface area contributed by atoms with Crippen LogP contribution in [0.5, 0.6) is 0 Å². The van der Waals surface area contributed by atoms with E-state index in [4.69, 9.17) is 0 Å². The summed E-state index contributed by atoms with van der Waals surface area (Å²) in [6.45, 7) is 0. The van der Waals surface area contributed by atoms with Crippen LogP contribution >= 0.6 is 59.6 Å². The summed E-state index contributed by atoms with van der Waals surface area (Å²) >= 11 is 11.5. The summed E-state index contributed by atoms with van der Waals surface area (Å²) in [6.07, 6.45) is 0. The summed E-state index contributed by atoms with van der Waals surface area (Å²) in [4.78, 5) is 20.0. The Morgan fingerprint density at radius 1 is 1.11 bits per heavy atom. The van der Waals surface area contributed by atoms with Gasteiger partial charge in [0.15, 0.2) is 5.65 Å². The lowest BCUT2D eigenvalue weighted by Crippen LogP contribution is -2.15. The standard InChI is InChI=1S/C17H10Br3N5OS/c18-8-5-10(19)15(11(20)6-8)22-13(26)7-27-17-23-16-14(24-25-17)9-3-1-2-4-12(9)21-16/h1-6H,7H2,(H,22,26)(H,21,23,25). The number of nitrogens with zero attached hydrogens (tertiary/aromatic N) is 3. The van der Waals surface area contributed by atoms with E-state index in [1.807, 2.05) is 36.4 Å². The molecule has 0 unspecified atom stereocenters. The van der Waals surface area contributed by atoms with Crippen LogP contribution < -0.4 is 5.32 Å². The van der Waals surface area contributed by atoms with Gasteiger partial charge in [-0.1, -0.05) is 45.9 Å². The van der Waals surface area contributed by atoms with Gasteiger partial charge in [-0.25, -0.2) is 4.98 Å². The zero-order valence-electron chi connectivity index (χ0n) is 13.5. The number of amides is 1. The topological polar surface area (TPSA) is 83.6 Å². The van der Waals surface area contributed by atoms with Gasteiger partial charge in [-0.05, 0) is 50.1 Å². The number of H-pyrrole nitrogens is 1. The smallest absolute Gasteiger partial charge is 0.234 e. The lowest BCUT2D eigenvalue weighted by Gasteiger charge is -2.10. The van der Waals surface area contributed by atoms with Crippen molar-refractivity contribution in [1.82, 2.24) is 20.2 Å². The molecule has 0 bridgehead atoms. The highest BCUT2D eigenvalue weighted by atomic mass is 79.9. The fourth-order valence-electron chi connectivity index (χ4n) is 2.53. The molecular weight excluding hydrogens is 562 g/mol. The fourth-order valence-corrected chi connectivity index (χ4v) is 5.58. The van der Waals surface area contributed by atoms with E-state index < -0.39 is 0 Å². The Morgan fingerprint density at radius 2 is 1.85 bits per heavy atom. The van der Waals surface area contributed by atoms with Gasteiger partial charge in [0.1, 0.15) is 5.52 Å². The van der Waals surface area contributed by atoms with Crippen molar-refractivity contribution in [2.45, 2.75) is 5.16 Å². The zero-order chi connectivity index (χ0) is 19.0. The molecule has 2 aromatic heterocycles. The average molecular weight is 572 g/mol. The molecule has 2 aromatic carbocycles. The van der Waals surface area contributed by atoms with Gasteiger partial charge in [0, 0.05) is 24.3 Å². The number of aromatic amines is 1. The van der Waals surface area contributed by atoms with E-state index >= 15 is 0 Å². The number of aromatic nitrogens is 4. The molecule has 2 N–H and O–H groups in total.